The van der Waals surface area contributed by atoms with E-state index in [1.165, 1.54) is 0 Å². The van der Waals surface area contributed by atoms with Gasteiger partial charge < -0.3 is 0 Å². The molecule has 0 atom stereocenters. The predicted molar refractivity (Wildman–Crippen MR) is 63.5 cm³/mol. The summed E-state index contributed by atoms with van der Waals surface area (Å²) >= 11 is 0. The average molecular weight is 168 g/mol. The van der Waals surface area contributed by atoms with Crippen molar-refractivity contribution < 1.29 is 0 Å². The smallest absolute Gasteiger partial charge is 0.0470 e. The van der Waals surface area contributed by atoms with E-state index in [4.69, 9.17) is 0 Å². The number of hydrogen-bond donors (Lipinski definition) is 0. The van der Waals surface area contributed by atoms with Crippen LogP contribution in [0.25, 0.3) is 0 Å². The molecule has 0 spiro atoms. The predicted octanol–water partition coefficient (Wildman–Crippen LogP) is 4.77. The van der Waals surface area contributed by atoms with Gasteiger partial charge in [-0.2, -0.15) is 0 Å². The molecule has 0 N–H and O–H groups in total. The Morgan fingerprint density at radius 2 is 0.750 bits per heavy atom. The van der Waals surface area contributed by atoms with Crippen molar-refractivity contribution in [2.24, 2.45) is 0 Å². The Hall–Kier alpha value is -1.04. The first-order chi connectivity index (χ1) is 5.74. The number of hydrogen-bond acceptors (Lipinski definition) is 0. The van der Waals surface area contributed by atoms with Gasteiger partial charge in [0, 0.05) is 0 Å². The minimum absolute atomic E-state index is 1.75. The van der Waals surface area contributed by atoms with Crippen molar-refractivity contribution in [3.63, 3.8) is 0 Å². The first-order valence-corrected chi connectivity index (χ1v) is 3.96. The van der Waals surface area contributed by atoms with E-state index in [1.807, 2.05) is 39.8 Å². The van der Waals surface area contributed by atoms with E-state index in [-0.39, 0.29) is 0 Å². The van der Waals surface area contributed by atoms with Gasteiger partial charge in [-0.3, -0.25) is 0 Å². The molecular formula is C12H24. The lowest BCUT2D eigenvalue weighted by atomic mass is 10.6. The summed E-state index contributed by atoms with van der Waals surface area (Å²) in [4.78, 5) is 0. The van der Waals surface area contributed by atoms with E-state index >= 15 is 0 Å². The van der Waals surface area contributed by atoms with Gasteiger partial charge in [0.1, 0.15) is 0 Å². The van der Waals surface area contributed by atoms with Crippen molar-refractivity contribution in [2.75, 3.05) is 0 Å². The van der Waals surface area contributed by atoms with Crippen LogP contribution in [-0.2, 0) is 0 Å². The van der Waals surface area contributed by atoms with Crippen LogP contribution >= 0.6 is 0 Å². The van der Waals surface area contributed by atoms with Gasteiger partial charge in [-0.15, -0.1) is 26.3 Å². The zero-order valence-electron chi connectivity index (χ0n) is 9.14. The lowest BCUT2D eigenvalue weighted by molar-refractivity contribution is 1.64. The zero-order chi connectivity index (χ0) is 10.8. The van der Waals surface area contributed by atoms with Crippen molar-refractivity contribution in [2.45, 2.75) is 27.7 Å². The van der Waals surface area contributed by atoms with E-state index in [0.717, 1.165) is 0 Å². The van der Waals surface area contributed by atoms with E-state index in [0.29, 0.717) is 0 Å². The summed E-state index contributed by atoms with van der Waals surface area (Å²) in [6.45, 7) is 20.5. The van der Waals surface area contributed by atoms with Crippen molar-refractivity contribution in [1.82, 2.24) is 0 Å². The third-order valence-corrected chi connectivity index (χ3v) is 0.333. The maximum absolute atomic E-state index is 3.36. The molecule has 0 aliphatic heterocycles. The van der Waals surface area contributed by atoms with E-state index in [9.17, 15) is 0 Å². The first kappa shape index (κ1) is 22.4. The molecule has 0 fully saturated rings. The van der Waals surface area contributed by atoms with Crippen LogP contribution in [0.3, 0.4) is 0 Å². The van der Waals surface area contributed by atoms with Crippen LogP contribution in [0.1, 0.15) is 27.7 Å². The Morgan fingerprint density at radius 3 is 0.750 bits per heavy atom. The summed E-state index contributed by atoms with van der Waals surface area (Å²) < 4.78 is 0. The minimum Gasteiger partial charge on any atom is -0.106 e. The second-order valence-corrected chi connectivity index (χ2v) is 1.48. The molecule has 0 bridgehead atoms. The van der Waals surface area contributed by atoms with Crippen molar-refractivity contribution in [1.29, 1.82) is 0 Å². The van der Waals surface area contributed by atoms with E-state index in [2.05, 4.69) is 26.3 Å². The molecule has 0 rings (SSSR count). The Bertz CT molecular complexity index is 68.0. The van der Waals surface area contributed by atoms with Crippen LogP contribution in [0, 0.1) is 0 Å². The van der Waals surface area contributed by atoms with Gasteiger partial charge in [-0.25, -0.2) is 0 Å². The maximum Gasteiger partial charge on any atom is -0.0470 e. The van der Waals surface area contributed by atoms with Crippen LogP contribution in [0.5, 0.6) is 0 Å². The molecular weight excluding hydrogens is 144 g/mol. The van der Waals surface area contributed by atoms with Gasteiger partial charge >= 0.3 is 0 Å². The fourth-order valence-corrected chi connectivity index (χ4v) is 0. The van der Waals surface area contributed by atoms with Crippen molar-refractivity contribution >= 4 is 0 Å². The highest BCUT2D eigenvalue weighted by Crippen LogP contribution is 1.57. The fraction of sp³-hybridized carbons (Fsp3) is 0.333. The summed E-state index contributed by atoms with van der Waals surface area (Å²) in [5.74, 6) is 0. The molecule has 0 aliphatic carbocycles. The monoisotopic (exact) mass is 168 g/mol. The zero-order valence-corrected chi connectivity index (χ0v) is 9.14. The third kappa shape index (κ3) is 355000. The standard InChI is InChI=1S/C4H8.2C3H6.C2H4/c1-3-4-2;2*1-3-2;1-2/h3-4H,1-2H3;2*3H,1H2,2H3;1-2H2. The molecule has 0 radical (unpaired) electrons. The van der Waals surface area contributed by atoms with Gasteiger partial charge in [0.25, 0.3) is 0 Å². The molecule has 72 valence electrons. The van der Waals surface area contributed by atoms with Crippen LogP contribution in [0.4, 0.5) is 0 Å². The average Bonchev–Trinajstić information content (AvgIpc) is 2.10. The molecule has 0 saturated carbocycles. The lowest BCUT2D eigenvalue weighted by Crippen LogP contribution is -1.26. The number of allylic oxidation sites excluding steroid dienone is 4. The quantitative estimate of drug-likeness (QED) is 0.457. The molecule has 0 aliphatic rings. The van der Waals surface area contributed by atoms with Crippen molar-refractivity contribution in [3.05, 3.63) is 50.6 Å². The van der Waals surface area contributed by atoms with Crippen LogP contribution in [-0.4, -0.2) is 0 Å². The van der Waals surface area contributed by atoms with Gasteiger partial charge in [0.15, 0.2) is 0 Å². The Balaban J connectivity index is -0.0000000368. The molecule has 0 unspecified atom stereocenters. The molecule has 0 aromatic heterocycles. The highest BCUT2D eigenvalue weighted by Gasteiger charge is 1.34. The van der Waals surface area contributed by atoms with Crippen LogP contribution in [0.2, 0.25) is 0 Å². The molecule has 0 heterocycles. The lowest BCUT2D eigenvalue weighted by Gasteiger charge is -1.49. The van der Waals surface area contributed by atoms with E-state index < -0.39 is 0 Å². The van der Waals surface area contributed by atoms with Crippen LogP contribution < -0.4 is 0 Å². The Kier molecular flexibility index (Phi) is 171. The molecule has 0 aromatic rings. The summed E-state index contributed by atoms with van der Waals surface area (Å²) in [5, 5.41) is 0. The Morgan fingerprint density at radius 1 is 0.667 bits per heavy atom. The molecule has 0 aromatic carbocycles. The second kappa shape index (κ2) is 91.3. The molecule has 0 heteroatoms. The summed E-state index contributed by atoms with van der Waals surface area (Å²) in [6, 6.07) is 0. The van der Waals surface area contributed by atoms with Gasteiger partial charge in [0.05, 0.1) is 0 Å². The van der Waals surface area contributed by atoms with Gasteiger partial charge in [0.2, 0.25) is 0 Å². The normalized spacial score (nSPS) is 5.67. The third-order valence-electron chi connectivity index (χ3n) is 0.333. The van der Waals surface area contributed by atoms with Gasteiger partial charge in [-0.1, -0.05) is 24.3 Å². The van der Waals surface area contributed by atoms with E-state index in [1.54, 1.807) is 12.2 Å². The first-order valence-electron chi connectivity index (χ1n) is 3.96. The SMILES string of the molecule is C=C.C=CC.C=CC.CC=CC. The fourth-order valence-electron chi connectivity index (χ4n) is 0. The molecule has 12 heavy (non-hydrogen) atoms. The summed E-state index contributed by atoms with van der Waals surface area (Å²) in [6.07, 6.45) is 7.50. The molecule has 0 amide bonds. The van der Waals surface area contributed by atoms with Crippen molar-refractivity contribution in [3.8, 4) is 0 Å². The molecule has 0 saturated heterocycles. The highest BCUT2D eigenvalue weighted by molar-refractivity contribution is 4.68. The topological polar surface area (TPSA) is 0 Å². The van der Waals surface area contributed by atoms with Crippen LogP contribution in [0.15, 0.2) is 50.6 Å². The Labute approximate surface area is 79.0 Å². The minimum atomic E-state index is 1.75. The number of rotatable bonds is 0. The summed E-state index contributed by atoms with van der Waals surface area (Å²) in [5.41, 5.74) is 0. The van der Waals surface area contributed by atoms with Gasteiger partial charge in [-0.05, 0) is 27.7 Å². The maximum atomic E-state index is 3.36. The summed E-state index contributed by atoms with van der Waals surface area (Å²) in [7, 11) is 0. The second-order valence-electron chi connectivity index (χ2n) is 1.48. The molecule has 0 nitrogen and oxygen atoms in total. The largest absolute Gasteiger partial charge is 0.106 e. The highest BCUT2D eigenvalue weighted by atomic mass is 13.4.